The molecule has 0 spiro atoms. The number of carbonyl (C=O) groups excluding carboxylic acids is 4. The molecule has 0 fully saturated rings. The van der Waals surface area contributed by atoms with E-state index in [2.05, 4.69) is 44.3 Å². The fraction of sp³-hybridized carbons (Fsp3) is 0.206. The molecule has 16 bridgehead atoms. The van der Waals surface area contributed by atoms with Gasteiger partial charge in [-0.2, -0.15) is 0 Å². The zero-order chi connectivity index (χ0) is 61.0. The Morgan fingerprint density at radius 2 is 0.705 bits per heavy atom. The number of aromatic nitrogens is 2. The van der Waals surface area contributed by atoms with E-state index in [1.54, 1.807) is 0 Å². The maximum Gasteiger partial charge on any atom is 0.305 e. The lowest BCUT2D eigenvalue weighted by Gasteiger charge is -2.17. The highest BCUT2D eigenvalue weighted by Gasteiger charge is 2.30. The van der Waals surface area contributed by atoms with Crippen LogP contribution < -0.4 is 10.6 Å². The highest BCUT2D eigenvalue weighted by molar-refractivity contribution is 6.32. The van der Waals surface area contributed by atoms with Crippen LogP contribution in [0.25, 0.3) is 22.3 Å². The lowest BCUT2D eigenvalue weighted by Crippen LogP contribution is -2.19. The third-order valence-corrected chi connectivity index (χ3v) is 15.7. The summed E-state index contributed by atoms with van der Waals surface area (Å²) >= 11 is 0. The minimum atomic E-state index is -0.383. The van der Waals surface area contributed by atoms with Gasteiger partial charge in [0.1, 0.15) is 11.6 Å². The van der Waals surface area contributed by atoms with Gasteiger partial charge in [-0.05, 0) is 147 Å². The van der Waals surface area contributed by atoms with Crippen molar-refractivity contribution in [1.82, 2.24) is 30.4 Å². The summed E-state index contributed by atoms with van der Waals surface area (Å²) in [6, 6.07) is 7.89. The number of nitrogens with zero attached hydrogens (tertiary/aromatic N) is 8. The predicted molar refractivity (Wildman–Crippen MR) is 337 cm³/mol. The number of allylic oxidation sites excluding steroid dienone is 20. The van der Waals surface area contributed by atoms with Crippen molar-refractivity contribution in [2.24, 2.45) is 30.0 Å². The van der Waals surface area contributed by atoms with Crippen LogP contribution in [0.4, 0.5) is 0 Å². The van der Waals surface area contributed by atoms with Gasteiger partial charge in [-0.25, -0.2) is 30.0 Å². The third-order valence-electron chi connectivity index (χ3n) is 15.7. The molecule has 2 aromatic heterocycles. The summed E-state index contributed by atoms with van der Waals surface area (Å²) in [6.45, 7) is 0. The molecule has 10 aliphatic rings. The molecule has 20 nitrogen and oxygen atoms in total. The fourth-order valence-corrected chi connectivity index (χ4v) is 11.1. The lowest BCUT2D eigenvalue weighted by molar-refractivity contribution is -0.141. The number of hydrogen-bond acceptors (Lipinski definition) is 18. The van der Waals surface area contributed by atoms with Crippen LogP contribution in [0.3, 0.4) is 0 Å². The molecular formula is C68H58N12O8. The second kappa shape index (κ2) is 24.7. The van der Waals surface area contributed by atoms with Gasteiger partial charge in [-0.15, -0.1) is 0 Å². The number of ether oxygens (including phenoxy) is 4. The zero-order valence-corrected chi connectivity index (χ0v) is 49.0. The van der Waals surface area contributed by atoms with E-state index in [1.165, 1.54) is 28.4 Å². The number of fused-ring (bicyclic) bond motifs is 10. The van der Waals surface area contributed by atoms with Crippen molar-refractivity contribution in [3.05, 3.63) is 213 Å². The molecule has 2 aromatic rings. The van der Waals surface area contributed by atoms with E-state index in [1.807, 2.05) is 146 Å². The van der Waals surface area contributed by atoms with Gasteiger partial charge in [0, 0.05) is 98.3 Å². The Kier molecular flexibility index (Phi) is 16.0. The summed E-state index contributed by atoms with van der Waals surface area (Å²) in [7, 11) is 9.35. The molecule has 88 heavy (non-hydrogen) atoms. The molecular weight excluding hydrogens is 1110 g/mol. The Morgan fingerprint density at radius 1 is 0.398 bits per heavy atom. The summed E-state index contributed by atoms with van der Waals surface area (Å²) in [5.74, 6) is 13.0. The average molecular weight is 1170 g/mol. The first-order valence-electron chi connectivity index (χ1n) is 28.4. The summed E-state index contributed by atoms with van der Waals surface area (Å²) in [6.07, 6.45) is 31.7. The number of rotatable bonds is 12. The van der Waals surface area contributed by atoms with Gasteiger partial charge in [0.2, 0.25) is 0 Å². The van der Waals surface area contributed by atoms with Gasteiger partial charge in [0.15, 0.2) is 0 Å². The first-order chi connectivity index (χ1) is 42.9. The number of nitrogens with one attached hydrogen (secondary N) is 4. The molecule has 12 rings (SSSR count). The van der Waals surface area contributed by atoms with Crippen LogP contribution in [-0.2, 0) is 38.1 Å². The lowest BCUT2D eigenvalue weighted by atomic mass is 10.0. The summed E-state index contributed by atoms with van der Waals surface area (Å²) in [4.78, 5) is 93.6. The number of esters is 4. The van der Waals surface area contributed by atoms with E-state index in [0.717, 1.165) is 67.9 Å². The van der Waals surface area contributed by atoms with E-state index in [-0.39, 0.29) is 62.4 Å². The molecule has 0 aliphatic carbocycles. The SMILES string of the molecule is COC(=O)CCC1=C2C=CC(=N2)C(=C2NC=CN2C)c2ccc([nH]2)C(CCC(=O)OC)=C2C=CC(=N2)C(C#CC#CC2=C3C=CC(=N3)C(CCC(=O)OC)=C3C=CC(=N3)/C(=C3\NC=CN3C)c3ccc([nH]3)C(CCC(=O)OC)=C3C=CC2=N3)=C2C=CC1=N2. The number of hydrogen-bond donors (Lipinski definition) is 4. The molecule has 0 amide bonds. The molecule has 0 unspecified atom stereocenters. The highest BCUT2D eigenvalue weighted by atomic mass is 16.5. The fourth-order valence-electron chi connectivity index (χ4n) is 11.1. The summed E-state index contributed by atoms with van der Waals surface area (Å²) < 4.78 is 20.4. The molecule has 20 heteroatoms. The van der Waals surface area contributed by atoms with Gasteiger partial charge >= 0.3 is 23.9 Å². The van der Waals surface area contributed by atoms with Crippen LogP contribution in [0, 0.1) is 23.7 Å². The van der Waals surface area contributed by atoms with Crippen molar-refractivity contribution in [1.29, 1.82) is 0 Å². The molecule has 12 heterocycles. The number of aliphatic imine (C=N–C) groups is 6. The maximum atomic E-state index is 12.8. The van der Waals surface area contributed by atoms with E-state index in [9.17, 15) is 19.2 Å². The van der Waals surface area contributed by atoms with Crippen molar-refractivity contribution in [3.8, 4) is 23.7 Å². The quantitative estimate of drug-likeness (QED) is 0.0886. The second-order valence-corrected chi connectivity index (χ2v) is 20.9. The zero-order valence-electron chi connectivity index (χ0n) is 49.0. The van der Waals surface area contributed by atoms with Crippen molar-refractivity contribution in [2.45, 2.75) is 51.4 Å². The Hall–Kier alpha value is -11.4. The Balaban J connectivity index is 1.02. The molecule has 0 saturated carbocycles. The molecule has 4 N–H and O–H groups in total. The standard InChI is InChI=1S/C68H58N12O8/c1-79-37-35-69-67(79)65-57-27-23-53(75-57)41(11-31-61(81)85-3)49-19-15-45(71-49)39(46-16-20-50(72-46)42(12-32-62(82)86-4)54-24-28-58(65)76-54)9-7-8-10-40-47-17-21-51(73-47)43(13-33-63(83)87-5)55-25-29-59(77-55)66(68-70-36-38-80(68)2)60-30-26-56(78-60)44(14-34-64(84)88-6)52-22-18-48(40)74-52/h15-30,35-38,69-70,75,77H,11-14,31-34H2,1-6H3/b46-39?,48-40?,49-41?,51-43?,54-42?,56-44?,67-65+,68-66?. The van der Waals surface area contributed by atoms with E-state index in [4.69, 9.17) is 48.9 Å². The smallest absolute Gasteiger partial charge is 0.305 e. The van der Waals surface area contributed by atoms with Crippen molar-refractivity contribution >= 4 is 80.4 Å². The van der Waals surface area contributed by atoms with Crippen molar-refractivity contribution in [3.63, 3.8) is 0 Å². The topological polar surface area (TPSA) is 241 Å². The second-order valence-electron chi connectivity index (χ2n) is 20.9. The maximum absolute atomic E-state index is 12.8. The van der Waals surface area contributed by atoms with Crippen molar-refractivity contribution < 1.29 is 38.1 Å². The molecule has 438 valence electrons. The first-order valence-corrected chi connectivity index (χ1v) is 28.4. The van der Waals surface area contributed by atoms with Crippen LogP contribution >= 0.6 is 0 Å². The molecule has 0 saturated heterocycles. The molecule has 0 radical (unpaired) electrons. The van der Waals surface area contributed by atoms with E-state index in [0.29, 0.717) is 92.4 Å². The Morgan fingerprint density at radius 3 is 1.07 bits per heavy atom. The number of aromatic amines is 2. The molecule has 10 aliphatic heterocycles. The largest absolute Gasteiger partial charge is 0.469 e. The van der Waals surface area contributed by atoms with E-state index < -0.39 is 0 Å². The monoisotopic (exact) mass is 1170 g/mol. The molecule has 0 atom stereocenters. The number of methoxy groups -OCH3 is 4. The Labute approximate surface area is 507 Å². The van der Waals surface area contributed by atoms with Crippen LogP contribution in [-0.4, -0.2) is 120 Å². The normalized spacial score (nSPS) is 19.9. The minimum absolute atomic E-state index is 0.0751. The van der Waals surface area contributed by atoms with Crippen LogP contribution in [0.1, 0.15) is 74.1 Å². The van der Waals surface area contributed by atoms with Crippen LogP contribution in [0.2, 0.25) is 0 Å². The third kappa shape index (κ3) is 11.5. The van der Waals surface area contributed by atoms with Crippen LogP contribution in [0.15, 0.2) is 220 Å². The summed E-state index contributed by atoms with van der Waals surface area (Å²) in [5, 5.41) is 6.76. The molecule has 0 aromatic carbocycles. The van der Waals surface area contributed by atoms with Gasteiger partial charge in [0.05, 0.1) is 131 Å². The predicted octanol–water partition coefficient (Wildman–Crippen LogP) is 8.74. The Bertz CT molecular complexity index is 4090. The highest BCUT2D eigenvalue weighted by Crippen LogP contribution is 2.38. The van der Waals surface area contributed by atoms with Gasteiger partial charge in [-0.3, -0.25) is 19.2 Å². The van der Waals surface area contributed by atoms with Gasteiger partial charge in [0.25, 0.3) is 0 Å². The summed E-state index contributed by atoms with van der Waals surface area (Å²) in [5.41, 5.74) is 15.3. The number of H-pyrrole nitrogens is 2. The first kappa shape index (κ1) is 57.1. The van der Waals surface area contributed by atoms with Crippen LogP contribution in [0.5, 0.6) is 0 Å². The van der Waals surface area contributed by atoms with Crippen molar-refractivity contribution in [2.75, 3.05) is 42.5 Å². The minimum Gasteiger partial charge on any atom is -0.469 e. The van der Waals surface area contributed by atoms with E-state index >= 15 is 0 Å². The van der Waals surface area contributed by atoms with Gasteiger partial charge < -0.3 is 49.3 Å². The number of carbonyl (C=O) groups is 4. The average Bonchev–Trinajstić information content (AvgIpc) is 4.54. The van der Waals surface area contributed by atoms with Gasteiger partial charge in [-0.1, -0.05) is 0 Å².